The molecule has 0 saturated carbocycles. The van der Waals surface area contributed by atoms with Crippen molar-refractivity contribution >= 4 is 17.4 Å². The van der Waals surface area contributed by atoms with Crippen LogP contribution in [0.5, 0.6) is 11.6 Å². The molecule has 3 N–H and O–H groups in total. The van der Waals surface area contributed by atoms with Crippen LogP contribution < -0.4 is 10.5 Å². The summed E-state index contributed by atoms with van der Waals surface area (Å²) in [5.74, 6) is 0.876. The standard InChI is InChI=1S/C14H14ClN3O/c1-8-3-4-12(11(15)5-8)19-13-7-10(14(16)17)6-9(2)18-13/h3-7H,1-2H3,(H3,16,17). The zero-order chi connectivity index (χ0) is 14.0. The van der Waals surface area contributed by atoms with Crippen LogP contribution in [-0.2, 0) is 0 Å². The Hall–Kier alpha value is -2.07. The summed E-state index contributed by atoms with van der Waals surface area (Å²) < 4.78 is 5.64. The van der Waals surface area contributed by atoms with Gasteiger partial charge < -0.3 is 10.5 Å². The lowest BCUT2D eigenvalue weighted by molar-refractivity contribution is 0.461. The molecule has 0 radical (unpaired) electrons. The van der Waals surface area contributed by atoms with Crippen molar-refractivity contribution in [1.82, 2.24) is 4.98 Å². The van der Waals surface area contributed by atoms with Crippen LogP contribution in [0.4, 0.5) is 0 Å². The van der Waals surface area contributed by atoms with Crippen LogP contribution in [0.2, 0.25) is 5.02 Å². The number of rotatable bonds is 3. The number of pyridine rings is 1. The number of nitrogens with two attached hydrogens (primary N) is 1. The first kappa shape index (κ1) is 13.4. The molecular weight excluding hydrogens is 262 g/mol. The summed E-state index contributed by atoms with van der Waals surface area (Å²) in [5, 5.41) is 7.97. The number of benzene rings is 1. The summed E-state index contributed by atoms with van der Waals surface area (Å²) in [6.45, 7) is 3.77. The number of nitrogen functional groups attached to an aromatic ring is 1. The van der Waals surface area contributed by atoms with Gasteiger partial charge in [-0.2, -0.15) is 0 Å². The summed E-state index contributed by atoms with van der Waals surface area (Å²) in [6, 6.07) is 8.86. The van der Waals surface area contributed by atoms with E-state index in [9.17, 15) is 0 Å². The molecule has 0 fully saturated rings. The van der Waals surface area contributed by atoms with E-state index in [0.717, 1.165) is 11.3 Å². The maximum atomic E-state index is 7.45. The molecule has 0 aliphatic rings. The van der Waals surface area contributed by atoms with Gasteiger partial charge in [-0.15, -0.1) is 0 Å². The van der Waals surface area contributed by atoms with Gasteiger partial charge in [-0.1, -0.05) is 17.7 Å². The molecule has 1 aromatic carbocycles. The Morgan fingerprint density at radius 2 is 2.00 bits per heavy atom. The average Bonchev–Trinajstić information content (AvgIpc) is 2.32. The third-order valence-electron chi connectivity index (χ3n) is 2.54. The summed E-state index contributed by atoms with van der Waals surface area (Å²) in [6.07, 6.45) is 0. The van der Waals surface area contributed by atoms with E-state index in [1.54, 1.807) is 18.2 Å². The summed E-state index contributed by atoms with van der Waals surface area (Å²) >= 11 is 6.10. The van der Waals surface area contributed by atoms with E-state index in [4.69, 9.17) is 27.5 Å². The molecule has 19 heavy (non-hydrogen) atoms. The van der Waals surface area contributed by atoms with E-state index >= 15 is 0 Å². The predicted molar refractivity (Wildman–Crippen MR) is 76.3 cm³/mol. The van der Waals surface area contributed by atoms with Crippen LogP contribution in [-0.4, -0.2) is 10.8 Å². The number of amidine groups is 1. The molecule has 0 amide bonds. The Bertz CT molecular complexity index is 641. The van der Waals surface area contributed by atoms with E-state index in [1.165, 1.54) is 0 Å². The van der Waals surface area contributed by atoms with Crippen molar-refractivity contribution in [3.05, 3.63) is 52.2 Å². The highest BCUT2D eigenvalue weighted by Gasteiger charge is 2.07. The normalized spacial score (nSPS) is 10.3. The number of hydrogen-bond donors (Lipinski definition) is 2. The van der Waals surface area contributed by atoms with Gasteiger partial charge in [0.1, 0.15) is 11.6 Å². The van der Waals surface area contributed by atoms with Gasteiger partial charge in [0.25, 0.3) is 0 Å². The molecule has 0 spiro atoms. The van der Waals surface area contributed by atoms with Crippen molar-refractivity contribution in [3.63, 3.8) is 0 Å². The molecule has 2 aromatic rings. The maximum absolute atomic E-state index is 7.45. The Labute approximate surface area is 116 Å². The zero-order valence-electron chi connectivity index (χ0n) is 10.7. The zero-order valence-corrected chi connectivity index (χ0v) is 11.5. The molecule has 0 aliphatic carbocycles. The first-order valence-electron chi connectivity index (χ1n) is 5.73. The van der Waals surface area contributed by atoms with Gasteiger partial charge in [0, 0.05) is 17.3 Å². The minimum atomic E-state index is -0.0228. The van der Waals surface area contributed by atoms with E-state index in [1.807, 2.05) is 26.0 Å². The molecular formula is C14H14ClN3O. The van der Waals surface area contributed by atoms with Gasteiger partial charge in [-0.25, -0.2) is 4.98 Å². The number of aryl methyl sites for hydroxylation is 2. The molecule has 0 unspecified atom stereocenters. The Morgan fingerprint density at radius 1 is 1.26 bits per heavy atom. The highest BCUT2D eigenvalue weighted by Crippen LogP contribution is 2.29. The van der Waals surface area contributed by atoms with E-state index in [-0.39, 0.29) is 5.84 Å². The number of nitrogens with zero attached hydrogens (tertiary/aromatic N) is 1. The number of aromatic nitrogens is 1. The summed E-state index contributed by atoms with van der Waals surface area (Å²) in [7, 11) is 0. The second-order valence-electron chi connectivity index (χ2n) is 4.29. The number of halogens is 1. The topological polar surface area (TPSA) is 72.0 Å². The molecule has 0 atom stereocenters. The van der Waals surface area contributed by atoms with Crippen molar-refractivity contribution in [2.75, 3.05) is 0 Å². The van der Waals surface area contributed by atoms with E-state index < -0.39 is 0 Å². The lowest BCUT2D eigenvalue weighted by Crippen LogP contribution is -2.11. The second kappa shape index (κ2) is 5.28. The first-order valence-corrected chi connectivity index (χ1v) is 6.10. The minimum absolute atomic E-state index is 0.0228. The number of nitrogens with one attached hydrogen (secondary N) is 1. The summed E-state index contributed by atoms with van der Waals surface area (Å²) in [4.78, 5) is 4.24. The molecule has 5 heteroatoms. The SMILES string of the molecule is Cc1ccc(Oc2cc(C(=N)N)cc(C)n2)c(Cl)c1. The molecule has 98 valence electrons. The predicted octanol–water partition coefficient (Wildman–Crippen LogP) is 3.43. The third-order valence-corrected chi connectivity index (χ3v) is 2.84. The van der Waals surface area contributed by atoms with E-state index in [0.29, 0.717) is 22.2 Å². The highest BCUT2D eigenvalue weighted by atomic mass is 35.5. The fourth-order valence-electron chi connectivity index (χ4n) is 1.65. The molecule has 0 bridgehead atoms. The Kier molecular flexibility index (Phi) is 3.71. The molecule has 4 nitrogen and oxygen atoms in total. The number of hydrogen-bond acceptors (Lipinski definition) is 3. The molecule has 0 saturated heterocycles. The van der Waals surface area contributed by atoms with Gasteiger partial charge in [-0.05, 0) is 37.6 Å². The Balaban J connectivity index is 2.35. The van der Waals surface area contributed by atoms with Crippen molar-refractivity contribution in [1.29, 1.82) is 5.41 Å². The van der Waals surface area contributed by atoms with Crippen molar-refractivity contribution in [2.45, 2.75) is 13.8 Å². The smallest absolute Gasteiger partial charge is 0.220 e. The van der Waals surface area contributed by atoms with Gasteiger partial charge in [0.2, 0.25) is 5.88 Å². The van der Waals surface area contributed by atoms with Crippen LogP contribution in [0, 0.1) is 19.3 Å². The third kappa shape index (κ3) is 3.23. The van der Waals surface area contributed by atoms with Crippen LogP contribution >= 0.6 is 11.6 Å². The molecule has 2 rings (SSSR count). The van der Waals surface area contributed by atoms with Crippen LogP contribution in [0.1, 0.15) is 16.8 Å². The number of ether oxygens (including phenoxy) is 1. The molecule has 1 aromatic heterocycles. The maximum Gasteiger partial charge on any atom is 0.220 e. The minimum Gasteiger partial charge on any atom is -0.437 e. The fraction of sp³-hybridized carbons (Fsp3) is 0.143. The summed E-state index contributed by atoms with van der Waals surface area (Å²) in [5.41, 5.74) is 7.83. The first-order chi connectivity index (χ1) is 8.95. The fourth-order valence-corrected chi connectivity index (χ4v) is 1.92. The average molecular weight is 276 g/mol. The van der Waals surface area contributed by atoms with Gasteiger partial charge in [-0.3, -0.25) is 5.41 Å². The molecule has 0 aliphatic heterocycles. The van der Waals surface area contributed by atoms with Crippen LogP contribution in [0.3, 0.4) is 0 Å². The van der Waals surface area contributed by atoms with Crippen molar-refractivity contribution in [2.24, 2.45) is 5.73 Å². The highest BCUT2D eigenvalue weighted by molar-refractivity contribution is 6.32. The second-order valence-corrected chi connectivity index (χ2v) is 4.69. The quantitative estimate of drug-likeness (QED) is 0.666. The van der Waals surface area contributed by atoms with Crippen LogP contribution in [0.25, 0.3) is 0 Å². The lowest BCUT2D eigenvalue weighted by atomic mass is 10.2. The van der Waals surface area contributed by atoms with E-state index in [2.05, 4.69) is 4.98 Å². The van der Waals surface area contributed by atoms with Gasteiger partial charge >= 0.3 is 0 Å². The van der Waals surface area contributed by atoms with Gasteiger partial charge in [0.05, 0.1) is 5.02 Å². The monoisotopic (exact) mass is 275 g/mol. The molecule has 1 heterocycles. The lowest BCUT2D eigenvalue weighted by Gasteiger charge is -2.09. The Morgan fingerprint density at radius 3 is 2.63 bits per heavy atom. The van der Waals surface area contributed by atoms with Gasteiger partial charge in [0.15, 0.2) is 0 Å². The van der Waals surface area contributed by atoms with Crippen molar-refractivity contribution in [3.8, 4) is 11.6 Å². The van der Waals surface area contributed by atoms with Crippen LogP contribution in [0.15, 0.2) is 30.3 Å². The largest absolute Gasteiger partial charge is 0.437 e. The van der Waals surface area contributed by atoms with Crippen molar-refractivity contribution < 1.29 is 4.74 Å².